The number of hydrogen-bond acceptors (Lipinski definition) is 6. The van der Waals surface area contributed by atoms with Crippen LogP contribution < -0.4 is 19.2 Å². The van der Waals surface area contributed by atoms with E-state index in [1.807, 2.05) is 31.2 Å². The molecule has 0 bridgehead atoms. The molecule has 30 heavy (non-hydrogen) atoms. The van der Waals surface area contributed by atoms with Gasteiger partial charge in [0.1, 0.15) is 17.5 Å². The molecule has 1 atom stereocenters. The smallest absolute Gasteiger partial charge is 0.263 e. The van der Waals surface area contributed by atoms with Gasteiger partial charge in [-0.05, 0) is 74.9 Å². The fraction of sp³-hybridized carbons (Fsp3) is 0.333. The van der Waals surface area contributed by atoms with Gasteiger partial charge >= 0.3 is 0 Å². The standard InChI is InChI=1S/C21H27N3O5S/c1-6-29-20-11-7-17(8-12-20)15(2)22-23-21(25)16(3)24(30(5,26)27)18-9-13-19(28-4)14-10-18/h7-14,16H,6H2,1-5H3,(H,23,25)/b22-15-/t16-/m0/s1. The predicted molar refractivity (Wildman–Crippen MR) is 118 cm³/mol. The molecule has 1 N–H and O–H groups in total. The van der Waals surface area contributed by atoms with E-state index in [2.05, 4.69) is 10.5 Å². The SMILES string of the molecule is CCOc1ccc(/C(C)=N\NC(=O)[C@H](C)N(c2ccc(OC)cc2)S(C)(=O)=O)cc1. The maximum atomic E-state index is 12.6. The monoisotopic (exact) mass is 433 g/mol. The van der Waals surface area contributed by atoms with E-state index in [-0.39, 0.29) is 0 Å². The van der Waals surface area contributed by atoms with Gasteiger partial charge in [-0.2, -0.15) is 5.10 Å². The lowest BCUT2D eigenvalue weighted by Gasteiger charge is -2.27. The lowest BCUT2D eigenvalue weighted by molar-refractivity contribution is -0.121. The van der Waals surface area contributed by atoms with Gasteiger partial charge in [0, 0.05) is 0 Å². The van der Waals surface area contributed by atoms with Crippen LogP contribution in [0, 0.1) is 0 Å². The number of nitrogens with zero attached hydrogens (tertiary/aromatic N) is 2. The zero-order valence-corrected chi connectivity index (χ0v) is 18.6. The molecule has 0 aliphatic rings. The number of anilines is 1. The first-order chi connectivity index (χ1) is 14.2. The van der Waals surface area contributed by atoms with E-state index in [0.717, 1.165) is 21.9 Å². The number of nitrogens with one attached hydrogen (secondary N) is 1. The van der Waals surface area contributed by atoms with Crippen molar-refractivity contribution in [3.8, 4) is 11.5 Å². The third-order valence-electron chi connectivity index (χ3n) is 4.33. The number of ether oxygens (including phenoxy) is 2. The molecule has 0 saturated heterocycles. The van der Waals surface area contributed by atoms with Crippen molar-refractivity contribution in [2.45, 2.75) is 26.8 Å². The molecule has 8 nitrogen and oxygen atoms in total. The minimum Gasteiger partial charge on any atom is -0.497 e. The highest BCUT2D eigenvalue weighted by Crippen LogP contribution is 2.23. The second-order valence-electron chi connectivity index (χ2n) is 6.56. The first kappa shape index (κ1) is 23.2. The molecule has 9 heteroatoms. The molecule has 0 aliphatic carbocycles. The Hall–Kier alpha value is -3.07. The maximum Gasteiger partial charge on any atom is 0.263 e. The van der Waals surface area contributed by atoms with Crippen molar-refractivity contribution in [3.05, 3.63) is 54.1 Å². The summed E-state index contributed by atoms with van der Waals surface area (Å²) in [6, 6.07) is 12.7. The molecule has 0 heterocycles. The molecule has 0 aromatic heterocycles. The summed E-state index contributed by atoms with van der Waals surface area (Å²) < 4.78 is 36.2. The van der Waals surface area contributed by atoms with E-state index in [9.17, 15) is 13.2 Å². The van der Waals surface area contributed by atoms with Gasteiger partial charge in [0.15, 0.2) is 0 Å². The summed E-state index contributed by atoms with van der Waals surface area (Å²) in [5, 5.41) is 4.11. The van der Waals surface area contributed by atoms with Gasteiger partial charge in [0.2, 0.25) is 10.0 Å². The summed E-state index contributed by atoms with van der Waals surface area (Å²) in [5.74, 6) is 0.774. The Bertz CT molecular complexity index is 986. The zero-order chi connectivity index (χ0) is 22.3. The van der Waals surface area contributed by atoms with Crippen LogP contribution in [0.1, 0.15) is 26.3 Å². The van der Waals surface area contributed by atoms with Crippen molar-refractivity contribution < 1.29 is 22.7 Å². The molecule has 2 aromatic carbocycles. The number of methoxy groups -OCH3 is 1. The van der Waals surface area contributed by atoms with Crippen LogP contribution in [0.2, 0.25) is 0 Å². The van der Waals surface area contributed by atoms with Crippen molar-refractivity contribution in [1.29, 1.82) is 0 Å². The molecule has 2 aromatic rings. The summed E-state index contributed by atoms with van der Waals surface area (Å²) in [6.45, 7) is 5.73. The number of hydrogen-bond donors (Lipinski definition) is 1. The van der Waals surface area contributed by atoms with Gasteiger partial charge < -0.3 is 9.47 Å². The van der Waals surface area contributed by atoms with Gasteiger partial charge in [-0.25, -0.2) is 13.8 Å². The number of carbonyl (C=O) groups excluding carboxylic acids is 1. The quantitative estimate of drug-likeness (QED) is 0.484. The van der Waals surface area contributed by atoms with E-state index < -0.39 is 22.0 Å². The third kappa shape index (κ3) is 5.96. The molecule has 0 unspecified atom stereocenters. The van der Waals surface area contributed by atoms with Gasteiger partial charge in [0.05, 0.1) is 31.4 Å². The third-order valence-corrected chi connectivity index (χ3v) is 5.57. The van der Waals surface area contributed by atoms with E-state index >= 15 is 0 Å². The van der Waals surface area contributed by atoms with Crippen LogP contribution in [-0.2, 0) is 14.8 Å². The highest BCUT2D eigenvalue weighted by molar-refractivity contribution is 7.92. The summed E-state index contributed by atoms with van der Waals surface area (Å²) >= 11 is 0. The van der Waals surface area contributed by atoms with Gasteiger partial charge in [-0.3, -0.25) is 9.10 Å². The molecule has 0 radical (unpaired) electrons. The van der Waals surface area contributed by atoms with Crippen LogP contribution in [0.4, 0.5) is 5.69 Å². The molecule has 2 rings (SSSR count). The number of amides is 1. The zero-order valence-electron chi connectivity index (χ0n) is 17.7. The summed E-state index contributed by atoms with van der Waals surface area (Å²) in [7, 11) is -2.20. The normalized spacial score (nSPS) is 12.8. The first-order valence-electron chi connectivity index (χ1n) is 9.38. The van der Waals surface area contributed by atoms with Crippen LogP contribution in [0.15, 0.2) is 53.6 Å². The second kappa shape index (κ2) is 10.1. The van der Waals surface area contributed by atoms with Crippen LogP contribution in [-0.4, -0.2) is 46.1 Å². The molecule has 162 valence electrons. The number of hydrazone groups is 1. The largest absolute Gasteiger partial charge is 0.497 e. The number of carbonyl (C=O) groups is 1. The number of benzene rings is 2. The van der Waals surface area contributed by atoms with E-state index in [1.165, 1.54) is 14.0 Å². The Morgan fingerprint density at radius 2 is 1.67 bits per heavy atom. The van der Waals surface area contributed by atoms with Crippen molar-refractivity contribution in [2.75, 3.05) is 24.3 Å². The van der Waals surface area contributed by atoms with Crippen molar-refractivity contribution in [2.24, 2.45) is 5.10 Å². The molecular formula is C21H27N3O5S. The highest BCUT2D eigenvalue weighted by Gasteiger charge is 2.29. The Morgan fingerprint density at radius 1 is 1.10 bits per heavy atom. The van der Waals surface area contributed by atoms with Gasteiger partial charge in [-0.15, -0.1) is 0 Å². The molecule has 1 amide bonds. The van der Waals surface area contributed by atoms with Gasteiger partial charge in [0.25, 0.3) is 5.91 Å². The molecule has 0 spiro atoms. The van der Waals surface area contributed by atoms with E-state index in [4.69, 9.17) is 9.47 Å². The van der Waals surface area contributed by atoms with Crippen molar-refractivity contribution >= 4 is 27.3 Å². The Labute approximate surface area is 177 Å². The fourth-order valence-corrected chi connectivity index (χ4v) is 3.97. The Kier molecular flexibility index (Phi) is 7.82. The van der Waals surface area contributed by atoms with Crippen LogP contribution in [0.25, 0.3) is 0 Å². The van der Waals surface area contributed by atoms with Gasteiger partial charge in [-0.1, -0.05) is 0 Å². The minimum absolute atomic E-state index is 0.355. The van der Waals surface area contributed by atoms with E-state index in [1.54, 1.807) is 31.2 Å². The second-order valence-corrected chi connectivity index (χ2v) is 8.42. The molecular weight excluding hydrogens is 406 g/mol. The Balaban J connectivity index is 2.17. The minimum atomic E-state index is -3.71. The predicted octanol–water partition coefficient (Wildman–Crippen LogP) is 2.79. The van der Waals surface area contributed by atoms with Crippen LogP contribution >= 0.6 is 0 Å². The van der Waals surface area contributed by atoms with Crippen LogP contribution in [0.5, 0.6) is 11.5 Å². The average molecular weight is 434 g/mol. The highest BCUT2D eigenvalue weighted by atomic mass is 32.2. The molecule has 0 saturated carbocycles. The topological polar surface area (TPSA) is 97.3 Å². The fourth-order valence-electron chi connectivity index (χ4n) is 2.79. The van der Waals surface area contributed by atoms with E-state index in [0.29, 0.717) is 23.8 Å². The number of rotatable bonds is 9. The summed E-state index contributed by atoms with van der Waals surface area (Å²) in [5.41, 5.74) is 4.19. The van der Waals surface area contributed by atoms with Crippen molar-refractivity contribution in [1.82, 2.24) is 5.43 Å². The van der Waals surface area contributed by atoms with Crippen LogP contribution in [0.3, 0.4) is 0 Å². The Morgan fingerprint density at radius 3 is 2.17 bits per heavy atom. The summed E-state index contributed by atoms with van der Waals surface area (Å²) in [4.78, 5) is 12.6. The molecule has 0 fully saturated rings. The number of sulfonamides is 1. The summed E-state index contributed by atoms with van der Waals surface area (Å²) in [6.07, 6.45) is 1.05. The lowest BCUT2D eigenvalue weighted by atomic mass is 10.1. The molecule has 0 aliphatic heterocycles. The maximum absolute atomic E-state index is 12.6. The van der Waals surface area contributed by atoms with Crippen molar-refractivity contribution in [3.63, 3.8) is 0 Å². The lowest BCUT2D eigenvalue weighted by Crippen LogP contribution is -2.46. The first-order valence-corrected chi connectivity index (χ1v) is 11.2. The average Bonchev–Trinajstić information content (AvgIpc) is 2.72.